The smallest absolute Gasteiger partial charge is 0.302 e. The van der Waals surface area contributed by atoms with Crippen molar-refractivity contribution in [1.82, 2.24) is 19.9 Å². The van der Waals surface area contributed by atoms with Crippen LogP contribution in [-0.2, 0) is 0 Å². The van der Waals surface area contributed by atoms with Gasteiger partial charge in [-0.3, -0.25) is 9.52 Å². The number of benzene rings is 1. The third-order valence-electron chi connectivity index (χ3n) is 7.24. The van der Waals surface area contributed by atoms with Crippen LogP contribution in [0.25, 0.3) is 11.3 Å². The van der Waals surface area contributed by atoms with Gasteiger partial charge in [0.15, 0.2) is 5.13 Å². The van der Waals surface area contributed by atoms with Crippen molar-refractivity contribution in [2.24, 2.45) is 0 Å². The van der Waals surface area contributed by atoms with E-state index in [1.165, 1.54) is 37.0 Å². The molecule has 2 aromatic heterocycles. The third-order valence-corrected chi connectivity index (χ3v) is 9.11. The first kappa shape index (κ1) is 25.5. The van der Waals surface area contributed by atoms with Crippen LogP contribution in [0.15, 0.2) is 35.7 Å². The SMILES string of the molecule is O=C(SNc1nc(-c2ccc(Cl)cc2)cs1)N1CCN(c2nc(N3CCCC3)cc(N3CCCC3)n2)CC1. The summed E-state index contributed by atoms with van der Waals surface area (Å²) in [7, 11) is 0. The van der Waals surface area contributed by atoms with Crippen LogP contribution in [0.1, 0.15) is 25.7 Å². The summed E-state index contributed by atoms with van der Waals surface area (Å²) < 4.78 is 3.12. The maximum absolute atomic E-state index is 12.9. The topological polar surface area (TPSA) is 80.7 Å². The molecule has 0 bridgehead atoms. The standard InChI is InChI=1S/C26H31ClN8OS2/c27-20-7-5-19(6-8-20)21-18-37-25(28-21)31-38-26(36)35-15-13-34(14-16-35)24-29-22(32-9-1-2-10-32)17-23(30-24)33-11-3-4-12-33/h5-8,17-18H,1-4,9-16H2,(H,28,31). The molecule has 3 aromatic rings. The zero-order chi connectivity index (χ0) is 25.9. The van der Waals surface area contributed by atoms with E-state index in [9.17, 15) is 4.79 Å². The average molecular weight is 571 g/mol. The Kier molecular flexibility index (Phi) is 7.75. The van der Waals surface area contributed by atoms with Gasteiger partial charge in [-0.15, -0.1) is 11.3 Å². The van der Waals surface area contributed by atoms with Crippen LogP contribution in [0.5, 0.6) is 0 Å². The lowest BCUT2D eigenvalue weighted by Crippen LogP contribution is -2.48. The van der Waals surface area contributed by atoms with E-state index in [1.807, 2.05) is 34.5 Å². The first-order chi connectivity index (χ1) is 18.6. The molecule has 0 saturated carbocycles. The van der Waals surface area contributed by atoms with E-state index in [0.29, 0.717) is 36.3 Å². The number of amides is 1. The lowest BCUT2D eigenvalue weighted by atomic mass is 10.2. The maximum Gasteiger partial charge on any atom is 0.302 e. The van der Waals surface area contributed by atoms with Gasteiger partial charge in [0.25, 0.3) is 0 Å². The molecule has 12 heteroatoms. The highest BCUT2D eigenvalue weighted by molar-refractivity contribution is 8.14. The third kappa shape index (κ3) is 5.79. The maximum atomic E-state index is 12.9. The molecule has 3 fully saturated rings. The average Bonchev–Trinajstić information content (AvgIpc) is 3.75. The van der Waals surface area contributed by atoms with E-state index in [4.69, 9.17) is 21.6 Å². The molecule has 9 nitrogen and oxygen atoms in total. The summed E-state index contributed by atoms with van der Waals surface area (Å²) in [4.78, 5) is 36.3. The number of hydrogen-bond donors (Lipinski definition) is 1. The van der Waals surface area contributed by atoms with Gasteiger partial charge in [-0.1, -0.05) is 23.7 Å². The number of halogens is 1. The minimum atomic E-state index is -0.00242. The first-order valence-corrected chi connectivity index (χ1v) is 15.3. The monoisotopic (exact) mass is 570 g/mol. The fourth-order valence-corrected chi connectivity index (χ4v) is 6.62. The molecule has 6 rings (SSSR count). The predicted octanol–water partition coefficient (Wildman–Crippen LogP) is 5.46. The Hall–Kier alpha value is -2.76. The van der Waals surface area contributed by atoms with Crippen molar-refractivity contribution < 1.29 is 4.79 Å². The Balaban J connectivity index is 1.06. The number of aromatic nitrogens is 3. The van der Waals surface area contributed by atoms with Gasteiger partial charge in [0.1, 0.15) is 11.6 Å². The molecule has 200 valence electrons. The summed E-state index contributed by atoms with van der Waals surface area (Å²) in [5, 5.41) is 3.37. The molecule has 1 N–H and O–H groups in total. The van der Waals surface area contributed by atoms with Gasteiger partial charge in [0, 0.05) is 86.3 Å². The van der Waals surface area contributed by atoms with Crippen molar-refractivity contribution in [2.45, 2.75) is 25.7 Å². The summed E-state index contributed by atoms with van der Waals surface area (Å²) >= 11 is 8.55. The predicted molar refractivity (Wildman–Crippen MR) is 158 cm³/mol. The molecule has 0 spiro atoms. The van der Waals surface area contributed by atoms with Gasteiger partial charge in [0.05, 0.1) is 5.69 Å². The molecule has 1 aromatic carbocycles. The van der Waals surface area contributed by atoms with Gasteiger partial charge >= 0.3 is 5.24 Å². The Bertz CT molecular complexity index is 1220. The van der Waals surface area contributed by atoms with Crippen LogP contribution in [0, 0.1) is 0 Å². The van der Waals surface area contributed by atoms with Crippen molar-refractivity contribution in [3.05, 3.63) is 40.7 Å². The first-order valence-electron chi connectivity index (χ1n) is 13.2. The number of hydrogen-bond acceptors (Lipinski definition) is 10. The van der Waals surface area contributed by atoms with E-state index in [2.05, 4.69) is 30.5 Å². The number of nitrogens with one attached hydrogen (secondary N) is 1. The molecule has 5 heterocycles. The van der Waals surface area contributed by atoms with Crippen LogP contribution in [-0.4, -0.2) is 77.4 Å². The second-order valence-corrected chi connectivity index (χ2v) is 11.8. The molecular weight excluding hydrogens is 540 g/mol. The molecule has 3 saturated heterocycles. The van der Waals surface area contributed by atoms with Crippen LogP contribution >= 0.6 is 34.9 Å². The van der Waals surface area contributed by atoms with Crippen molar-refractivity contribution in [1.29, 1.82) is 0 Å². The van der Waals surface area contributed by atoms with E-state index < -0.39 is 0 Å². The zero-order valence-electron chi connectivity index (χ0n) is 21.2. The number of carbonyl (C=O) groups is 1. The number of carbonyl (C=O) groups excluding carboxylic acids is 1. The highest BCUT2D eigenvalue weighted by atomic mass is 35.5. The lowest BCUT2D eigenvalue weighted by Gasteiger charge is -2.35. The number of rotatable bonds is 6. The Morgan fingerprint density at radius 2 is 1.42 bits per heavy atom. The highest BCUT2D eigenvalue weighted by Gasteiger charge is 2.26. The summed E-state index contributed by atoms with van der Waals surface area (Å²) in [5.74, 6) is 2.86. The van der Waals surface area contributed by atoms with Crippen LogP contribution < -0.4 is 19.4 Å². The Labute approximate surface area is 236 Å². The zero-order valence-corrected chi connectivity index (χ0v) is 23.6. The normalized spacial score (nSPS) is 17.9. The van der Waals surface area contributed by atoms with Gasteiger partial charge in [-0.25, -0.2) is 4.98 Å². The summed E-state index contributed by atoms with van der Waals surface area (Å²) in [6.45, 7) is 6.94. The fourth-order valence-electron chi connectivity index (χ4n) is 5.08. The lowest BCUT2D eigenvalue weighted by molar-refractivity contribution is 0.219. The van der Waals surface area contributed by atoms with E-state index >= 15 is 0 Å². The van der Waals surface area contributed by atoms with Crippen molar-refractivity contribution in [3.8, 4) is 11.3 Å². The second kappa shape index (κ2) is 11.5. The molecule has 0 radical (unpaired) electrons. The van der Waals surface area contributed by atoms with Crippen LogP contribution in [0.3, 0.4) is 0 Å². The van der Waals surface area contributed by atoms with Crippen molar-refractivity contribution >= 4 is 62.8 Å². The van der Waals surface area contributed by atoms with Crippen molar-refractivity contribution in [3.63, 3.8) is 0 Å². The molecule has 1 amide bonds. The number of thiazole rings is 1. The van der Waals surface area contributed by atoms with Gasteiger partial charge in [-0.05, 0) is 37.8 Å². The molecule has 0 atom stereocenters. The van der Waals surface area contributed by atoms with E-state index in [-0.39, 0.29) is 5.24 Å². The van der Waals surface area contributed by atoms with Crippen LogP contribution in [0.2, 0.25) is 5.02 Å². The van der Waals surface area contributed by atoms with Gasteiger partial charge in [-0.2, -0.15) is 9.97 Å². The molecule has 38 heavy (non-hydrogen) atoms. The molecule has 0 aliphatic carbocycles. The second-order valence-electron chi connectivity index (χ2n) is 9.76. The molecule has 0 unspecified atom stereocenters. The molecule has 3 aliphatic rings. The van der Waals surface area contributed by atoms with Gasteiger partial charge < -0.3 is 19.6 Å². The number of nitrogens with zero attached hydrogens (tertiary/aromatic N) is 7. The molecule has 3 aliphatic heterocycles. The van der Waals surface area contributed by atoms with E-state index in [1.54, 1.807) is 0 Å². The molecular formula is C26H31ClN8OS2. The Morgan fingerprint density at radius 1 is 0.816 bits per heavy atom. The number of piperazine rings is 1. The minimum Gasteiger partial charge on any atom is -0.356 e. The summed E-state index contributed by atoms with van der Waals surface area (Å²) in [6, 6.07) is 9.75. The Morgan fingerprint density at radius 3 is 2.03 bits per heavy atom. The highest BCUT2D eigenvalue weighted by Crippen LogP contribution is 2.30. The minimum absolute atomic E-state index is 0.00242. The largest absolute Gasteiger partial charge is 0.356 e. The van der Waals surface area contributed by atoms with Crippen LogP contribution in [0.4, 0.5) is 27.5 Å². The number of anilines is 4. The van der Waals surface area contributed by atoms with E-state index in [0.717, 1.165) is 67.0 Å². The van der Waals surface area contributed by atoms with Gasteiger partial charge in [0.2, 0.25) is 5.95 Å². The quantitative estimate of drug-likeness (QED) is 0.389. The summed E-state index contributed by atoms with van der Waals surface area (Å²) in [6.07, 6.45) is 4.87. The fraction of sp³-hybridized carbons (Fsp3) is 0.462. The summed E-state index contributed by atoms with van der Waals surface area (Å²) in [5.41, 5.74) is 1.86. The van der Waals surface area contributed by atoms with Crippen molar-refractivity contribution in [2.75, 3.05) is 71.8 Å².